The molecule has 1 N–H and O–H groups in total. The topological polar surface area (TPSA) is 54.9 Å². The Morgan fingerprint density at radius 3 is 2.42 bits per heavy atom. The quantitative estimate of drug-likeness (QED) is 0.356. The molecule has 0 aliphatic carbocycles. The number of carbonyl (C=O) groups is 1. The van der Waals surface area contributed by atoms with Gasteiger partial charge in [-0.25, -0.2) is 9.97 Å². The monoisotopic (exact) mass is 421 g/mol. The number of aromatic nitrogens is 2. The number of rotatable bonds is 4. The first-order valence-corrected chi connectivity index (χ1v) is 10.8. The van der Waals surface area contributed by atoms with E-state index in [-0.39, 0.29) is 5.91 Å². The van der Waals surface area contributed by atoms with Crippen molar-refractivity contribution in [3.63, 3.8) is 0 Å². The van der Waals surface area contributed by atoms with Crippen LogP contribution in [0.2, 0.25) is 0 Å². The van der Waals surface area contributed by atoms with Gasteiger partial charge >= 0.3 is 0 Å². The van der Waals surface area contributed by atoms with Crippen molar-refractivity contribution in [2.75, 3.05) is 5.32 Å². The molecule has 5 heteroatoms. The van der Waals surface area contributed by atoms with Crippen molar-refractivity contribution in [2.24, 2.45) is 0 Å². The number of pyridine rings is 1. The van der Waals surface area contributed by atoms with Crippen LogP contribution in [0.1, 0.15) is 15.9 Å². The Bertz CT molecular complexity index is 1390. The summed E-state index contributed by atoms with van der Waals surface area (Å²) < 4.78 is 0. The summed E-state index contributed by atoms with van der Waals surface area (Å²) in [6.07, 6.45) is 0. The van der Waals surface area contributed by atoms with Crippen LogP contribution in [0.3, 0.4) is 0 Å². The van der Waals surface area contributed by atoms with Gasteiger partial charge in [-0.1, -0.05) is 72.3 Å². The lowest BCUT2D eigenvalue weighted by Crippen LogP contribution is -2.13. The molecule has 0 aliphatic rings. The van der Waals surface area contributed by atoms with Crippen LogP contribution in [0, 0.1) is 6.92 Å². The molecule has 5 rings (SSSR count). The van der Waals surface area contributed by atoms with Crippen molar-refractivity contribution in [3.05, 3.63) is 101 Å². The van der Waals surface area contributed by atoms with Gasteiger partial charge in [0, 0.05) is 21.9 Å². The first-order valence-electron chi connectivity index (χ1n) is 9.96. The third-order valence-corrected chi connectivity index (χ3v) is 5.83. The van der Waals surface area contributed by atoms with Gasteiger partial charge in [-0.05, 0) is 25.1 Å². The van der Waals surface area contributed by atoms with E-state index in [4.69, 9.17) is 4.98 Å². The number of thiazole rings is 1. The smallest absolute Gasteiger partial charge is 0.258 e. The summed E-state index contributed by atoms with van der Waals surface area (Å²) in [5, 5.41) is 6.31. The predicted octanol–water partition coefficient (Wildman–Crippen LogP) is 6.59. The van der Waals surface area contributed by atoms with Gasteiger partial charge in [-0.3, -0.25) is 10.1 Å². The summed E-state index contributed by atoms with van der Waals surface area (Å²) in [5.41, 5.74) is 6.15. The Labute approximate surface area is 184 Å². The second-order valence-corrected chi connectivity index (χ2v) is 8.16. The first kappa shape index (κ1) is 19.2. The normalized spacial score (nSPS) is 10.9. The molecule has 1 amide bonds. The molecule has 0 bridgehead atoms. The Balaban J connectivity index is 1.52. The minimum absolute atomic E-state index is 0.193. The molecule has 31 heavy (non-hydrogen) atoms. The zero-order chi connectivity index (χ0) is 21.2. The molecular weight excluding hydrogens is 402 g/mol. The lowest BCUT2D eigenvalue weighted by molar-refractivity contribution is 0.102. The van der Waals surface area contributed by atoms with Crippen LogP contribution in [-0.4, -0.2) is 15.9 Å². The SMILES string of the molecule is Cc1cccc(-c2cc(C(=O)Nc3nc(-c4ccccc4)cs3)c3ccccc3n2)c1. The maximum atomic E-state index is 13.3. The van der Waals surface area contributed by atoms with E-state index in [2.05, 4.69) is 16.4 Å². The van der Waals surface area contributed by atoms with Crippen LogP contribution < -0.4 is 5.32 Å². The molecule has 0 fully saturated rings. The van der Waals surface area contributed by atoms with Gasteiger partial charge < -0.3 is 0 Å². The molecule has 3 aromatic carbocycles. The number of carbonyl (C=O) groups excluding carboxylic acids is 1. The summed E-state index contributed by atoms with van der Waals surface area (Å²) >= 11 is 1.42. The summed E-state index contributed by atoms with van der Waals surface area (Å²) in [4.78, 5) is 22.6. The van der Waals surface area contributed by atoms with Gasteiger partial charge in [-0.15, -0.1) is 11.3 Å². The summed E-state index contributed by atoms with van der Waals surface area (Å²) in [7, 11) is 0. The highest BCUT2D eigenvalue weighted by Gasteiger charge is 2.16. The van der Waals surface area contributed by atoms with Crippen LogP contribution in [0.15, 0.2) is 90.3 Å². The summed E-state index contributed by atoms with van der Waals surface area (Å²) in [6.45, 7) is 2.05. The number of benzene rings is 3. The molecule has 0 aliphatic heterocycles. The molecule has 0 saturated carbocycles. The number of para-hydroxylation sites is 1. The van der Waals surface area contributed by atoms with Crippen molar-refractivity contribution >= 4 is 33.3 Å². The highest BCUT2D eigenvalue weighted by Crippen LogP contribution is 2.28. The van der Waals surface area contributed by atoms with Crippen LogP contribution >= 0.6 is 11.3 Å². The maximum absolute atomic E-state index is 13.3. The Morgan fingerprint density at radius 1 is 0.806 bits per heavy atom. The number of amides is 1. The van der Waals surface area contributed by atoms with E-state index < -0.39 is 0 Å². The van der Waals surface area contributed by atoms with E-state index in [9.17, 15) is 4.79 Å². The highest BCUT2D eigenvalue weighted by molar-refractivity contribution is 7.14. The molecular formula is C26H19N3OS. The largest absolute Gasteiger partial charge is 0.298 e. The van der Waals surface area contributed by atoms with Crippen LogP contribution in [-0.2, 0) is 0 Å². The van der Waals surface area contributed by atoms with Crippen LogP contribution in [0.5, 0.6) is 0 Å². The van der Waals surface area contributed by atoms with Crippen molar-refractivity contribution in [2.45, 2.75) is 6.92 Å². The van der Waals surface area contributed by atoms with Gasteiger partial charge in [0.25, 0.3) is 5.91 Å². The van der Waals surface area contributed by atoms with Crippen LogP contribution in [0.4, 0.5) is 5.13 Å². The van der Waals surface area contributed by atoms with Gasteiger partial charge in [-0.2, -0.15) is 0 Å². The van der Waals surface area contributed by atoms with Gasteiger partial charge in [0.2, 0.25) is 0 Å². The number of hydrogen-bond acceptors (Lipinski definition) is 4. The van der Waals surface area contributed by atoms with E-state index in [1.165, 1.54) is 11.3 Å². The molecule has 0 atom stereocenters. The average molecular weight is 422 g/mol. The maximum Gasteiger partial charge on any atom is 0.258 e. The standard InChI is InChI=1S/C26H19N3OS/c1-17-8-7-11-19(14-17)23-15-21(20-12-5-6-13-22(20)27-23)25(30)29-26-28-24(16-31-26)18-9-3-2-4-10-18/h2-16H,1H3,(H,28,29,30). The summed E-state index contributed by atoms with van der Waals surface area (Å²) in [5.74, 6) is -0.193. The van der Waals surface area contributed by atoms with Crippen molar-refractivity contribution in [3.8, 4) is 22.5 Å². The lowest BCUT2D eigenvalue weighted by atomic mass is 10.0. The third kappa shape index (κ3) is 3.96. The van der Waals surface area contributed by atoms with Crippen molar-refractivity contribution < 1.29 is 4.79 Å². The number of hydrogen-bond donors (Lipinski definition) is 1. The number of nitrogens with one attached hydrogen (secondary N) is 1. The molecule has 0 radical (unpaired) electrons. The molecule has 150 valence electrons. The molecule has 2 heterocycles. The van der Waals surface area contributed by atoms with Crippen molar-refractivity contribution in [1.29, 1.82) is 0 Å². The van der Waals surface area contributed by atoms with Crippen molar-refractivity contribution in [1.82, 2.24) is 9.97 Å². The zero-order valence-corrected chi connectivity index (χ0v) is 17.7. The second-order valence-electron chi connectivity index (χ2n) is 7.30. The van der Waals surface area contributed by atoms with Gasteiger partial charge in [0.05, 0.1) is 22.5 Å². The van der Waals surface area contributed by atoms with E-state index in [1.54, 1.807) is 0 Å². The second kappa shape index (κ2) is 8.13. The van der Waals surface area contributed by atoms with E-state index in [1.807, 2.05) is 91.2 Å². The highest BCUT2D eigenvalue weighted by atomic mass is 32.1. The molecule has 5 aromatic rings. The summed E-state index contributed by atoms with van der Waals surface area (Å²) in [6, 6.07) is 27.6. The molecule has 0 saturated heterocycles. The molecule has 2 aromatic heterocycles. The number of nitrogens with zero attached hydrogens (tertiary/aromatic N) is 2. The molecule has 4 nitrogen and oxygen atoms in total. The van der Waals surface area contributed by atoms with E-state index in [0.29, 0.717) is 10.7 Å². The van der Waals surface area contributed by atoms with Gasteiger partial charge in [0.15, 0.2) is 5.13 Å². The fraction of sp³-hybridized carbons (Fsp3) is 0.0385. The number of fused-ring (bicyclic) bond motifs is 1. The van der Waals surface area contributed by atoms with E-state index in [0.717, 1.165) is 39.0 Å². The van der Waals surface area contributed by atoms with E-state index >= 15 is 0 Å². The third-order valence-electron chi connectivity index (χ3n) is 5.07. The van der Waals surface area contributed by atoms with Crippen LogP contribution in [0.25, 0.3) is 33.4 Å². The molecule has 0 unspecified atom stereocenters. The van der Waals surface area contributed by atoms with Gasteiger partial charge in [0.1, 0.15) is 0 Å². The molecule has 0 spiro atoms. The minimum Gasteiger partial charge on any atom is -0.298 e. The fourth-order valence-electron chi connectivity index (χ4n) is 3.55. The Morgan fingerprint density at radius 2 is 1.58 bits per heavy atom. The fourth-order valence-corrected chi connectivity index (χ4v) is 4.27. The Kier molecular flexibility index (Phi) is 5.02. The predicted molar refractivity (Wildman–Crippen MR) is 127 cm³/mol. The number of anilines is 1. The average Bonchev–Trinajstić information content (AvgIpc) is 3.27. The number of aryl methyl sites for hydroxylation is 1. The lowest BCUT2D eigenvalue weighted by Gasteiger charge is -2.10. The first-order chi connectivity index (χ1) is 15.2. The Hall–Kier alpha value is -3.83. The minimum atomic E-state index is -0.193. The zero-order valence-electron chi connectivity index (χ0n) is 16.9.